The summed E-state index contributed by atoms with van der Waals surface area (Å²) in [5.41, 5.74) is 5.20. The van der Waals surface area contributed by atoms with Gasteiger partial charge >= 0.3 is 6.18 Å². The Bertz CT molecular complexity index is 534. The van der Waals surface area contributed by atoms with Crippen molar-refractivity contribution in [3.8, 4) is 0 Å². The van der Waals surface area contributed by atoms with Crippen LogP contribution in [0.15, 0.2) is 24.3 Å². The van der Waals surface area contributed by atoms with Crippen LogP contribution in [0, 0.1) is 5.92 Å². The molecule has 0 spiro atoms. The summed E-state index contributed by atoms with van der Waals surface area (Å²) in [5.74, 6) is -0.400. The van der Waals surface area contributed by atoms with E-state index in [1.165, 1.54) is 6.07 Å². The van der Waals surface area contributed by atoms with Gasteiger partial charge in [-0.1, -0.05) is 19.1 Å². The topological polar surface area (TPSA) is 55.6 Å². The molecule has 0 radical (unpaired) electrons. The number of hydrogen-bond donors (Lipinski definition) is 1. The van der Waals surface area contributed by atoms with Crippen molar-refractivity contribution < 1.29 is 22.7 Å². The molecule has 0 aliphatic carbocycles. The smallest absolute Gasteiger partial charge is 0.370 e. The minimum Gasteiger partial charge on any atom is -0.370 e. The Morgan fingerprint density at radius 3 is 2.86 bits per heavy atom. The molecule has 7 heteroatoms. The number of carbonyl (C=O) groups is 1. The number of nitrogens with two attached hydrogens (primary N) is 1. The van der Waals surface area contributed by atoms with Gasteiger partial charge in [-0.3, -0.25) is 4.79 Å². The maximum Gasteiger partial charge on any atom is 0.416 e. The van der Waals surface area contributed by atoms with Gasteiger partial charge in [-0.15, -0.1) is 0 Å². The van der Waals surface area contributed by atoms with Gasteiger partial charge in [0.25, 0.3) is 0 Å². The summed E-state index contributed by atoms with van der Waals surface area (Å²) in [6.45, 7) is 2.94. The van der Waals surface area contributed by atoms with Gasteiger partial charge in [-0.2, -0.15) is 13.2 Å². The first-order valence-corrected chi connectivity index (χ1v) is 7.10. The average molecular weight is 316 g/mol. The normalized spacial score (nSPS) is 20.8. The molecule has 122 valence electrons. The molecule has 0 bridgehead atoms. The van der Waals surface area contributed by atoms with Crippen molar-refractivity contribution in [3.63, 3.8) is 0 Å². The van der Waals surface area contributed by atoms with Crippen molar-refractivity contribution in [1.29, 1.82) is 0 Å². The van der Waals surface area contributed by atoms with Crippen LogP contribution in [-0.4, -0.2) is 37.0 Å². The van der Waals surface area contributed by atoms with Gasteiger partial charge in [0.05, 0.1) is 18.7 Å². The Labute approximate surface area is 127 Å². The molecule has 0 aromatic heterocycles. The average Bonchev–Trinajstić information content (AvgIpc) is 2.53. The molecule has 2 N–H and O–H groups in total. The Hall–Kier alpha value is -1.60. The molecule has 1 aromatic carbocycles. The molecule has 0 saturated carbocycles. The summed E-state index contributed by atoms with van der Waals surface area (Å²) in [5, 5.41) is 0. The van der Waals surface area contributed by atoms with Crippen LogP contribution in [0.1, 0.15) is 24.2 Å². The first kappa shape index (κ1) is 16.8. The van der Waals surface area contributed by atoms with Crippen LogP contribution in [0.2, 0.25) is 0 Å². The third-order valence-electron chi connectivity index (χ3n) is 3.74. The second kappa shape index (κ2) is 6.66. The fraction of sp³-hybridized carbons (Fsp3) is 0.533. The first-order valence-electron chi connectivity index (χ1n) is 7.10. The Morgan fingerprint density at radius 2 is 2.23 bits per heavy atom. The van der Waals surface area contributed by atoms with Gasteiger partial charge in [0.15, 0.2) is 0 Å². The van der Waals surface area contributed by atoms with E-state index >= 15 is 0 Å². The molecule has 1 aromatic rings. The number of halogens is 3. The number of carbonyl (C=O) groups excluding carboxylic acids is 1. The predicted molar refractivity (Wildman–Crippen MR) is 74.9 cm³/mol. The monoisotopic (exact) mass is 316 g/mol. The molecule has 2 rings (SSSR count). The number of hydrogen-bond acceptors (Lipinski definition) is 3. The summed E-state index contributed by atoms with van der Waals surface area (Å²) in [6.07, 6.45) is -4.95. The van der Waals surface area contributed by atoms with Gasteiger partial charge in [0, 0.05) is 19.0 Å². The van der Waals surface area contributed by atoms with Gasteiger partial charge in [0.1, 0.15) is 6.10 Å². The minimum atomic E-state index is -4.39. The third kappa shape index (κ3) is 3.78. The van der Waals surface area contributed by atoms with Gasteiger partial charge < -0.3 is 15.4 Å². The molecule has 2 atom stereocenters. The number of ether oxygens (including phenoxy) is 1. The van der Waals surface area contributed by atoms with Crippen molar-refractivity contribution in [2.24, 2.45) is 11.7 Å². The molecular weight excluding hydrogens is 297 g/mol. The molecule has 1 aliphatic rings. The van der Waals surface area contributed by atoms with Gasteiger partial charge in [-0.25, -0.2) is 0 Å². The fourth-order valence-electron chi connectivity index (χ4n) is 2.38. The van der Waals surface area contributed by atoms with Crippen LogP contribution in [0.4, 0.5) is 13.2 Å². The highest BCUT2D eigenvalue weighted by molar-refractivity contribution is 5.78. The van der Waals surface area contributed by atoms with E-state index < -0.39 is 17.8 Å². The van der Waals surface area contributed by atoms with Crippen LogP contribution >= 0.6 is 0 Å². The highest BCUT2D eigenvalue weighted by atomic mass is 19.4. The highest BCUT2D eigenvalue weighted by Gasteiger charge is 2.32. The van der Waals surface area contributed by atoms with E-state index in [0.29, 0.717) is 18.7 Å². The molecule has 2 unspecified atom stereocenters. The zero-order valence-corrected chi connectivity index (χ0v) is 12.3. The number of benzene rings is 1. The maximum atomic E-state index is 12.8. The van der Waals surface area contributed by atoms with Crippen LogP contribution in [-0.2, 0) is 15.7 Å². The van der Waals surface area contributed by atoms with E-state index in [-0.39, 0.29) is 24.9 Å². The van der Waals surface area contributed by atoms with Crippen molar-refractivity contribution in [1.82, 2.24) is 4.90 Å². The molecule has 4 nitrogen and oxygen atoms in total. The van der Waals surface area contributed by atoms with E-state index in [4.69, 9.17) is 10.5 Å². The molecule has 22 heavy (non-hydrogen) atoms. The molecule has 1 fully saturated rings. The van der Waals surface area contributed by atoms with Crippen LogP contribution in [0.25, 0.3) is 0 Å². The molecular formula is C15H19F3N2O2. The quantitative estimate of drug-likeness (QED) is 0.930. The lowest BCUT2D eigenvalue weighted by Gasteiger charge is -2.34. The predicted octanol–water partition coefficient (Wildman–Crippen LogP) is 2.20. The Morgan fingerprint density at radius 1 is 1.50 bits per heavy atom. The second-order valence-corrected chi connectivity index (χ2v) is 5.40. The number of nitrogens with zero attached hydrogens (tertiary/aromatic N) is 1. The van der Waals surface area contributed by atoms with Crippen molar-refractivity contribution in [2.45, 2.75) is 19.2 Å². The first-order chi connectivity index (χ1) is 10.3. The van der Waals surface area contributed by atoms with Crippen LogP contribution < -0.4 is 5.73 Å². The molecule has 1 heterocycles. The van der Waals surface area contributed by atoms with Gasteiger partial charge in [-0.05, 0) is 17.7 Å². The lowest BCUT2D eigenvalue weighted by Crippen LogP contribution is -2.45. The van der Waals surface area contributed by atoms with Crippen molar-refractivity contribution in [2.75, 3.05) is 26.2 Å². The Balaban J connectivity index is 2.14. The zero-order chi connectivity index (χ0) is 16.3. The van der Waals surface area contributed by atoms with Crippen molar-refractivity contribution in [3.05, 3.63) is 35.4 Å². The van der Waals surface area contributed by atoms with E-state index in [9.17, 15) is 18.0 Å². The van der Waals surface area contributed by atoms with Crippen molar-refractivity contribution >= 4 is 5.91 Å². The summed E-state index contributed by atoms with van der Waals surface area (Å²) in [4.78, 5) is 13.7. The number of amides is 1. The summed E-state index contributed by atoms with van der Waals surface area (Å²) in [6, 6.07) is 5.03. The molecule has 1 saturated heterocycles. The summed E-state index contributed by atoms with van der Waals surface area (Å²) < 4.78 is 43.9. The fourth-order valence-corrected chi connectivity index (χ4v) is 2.38. The standard InChI is InChI=1S/C15H19F3N2O2/c1-10(8-19)14(21)20-5-6-22-13(9-20)11-3-2-4-12(7-11)15(16,17)18/h2-4,7,10,13H,5-6,8-9,19H2,1H3. The summed E-state index contributed by atoms with van der Waals surface area (Å²) >= 11 is 0. The van der Waals surface area contributed by atoms with E-state index in [1.54, 1.807) is 17.9 Å². The minimum absolute atomic E-state index is 0.0947. The highest BCUT2D eigenvalue weighted by Crippen LogP contribution is 2.32. The zero-order valence-electron chi connectivity index (χ0n) is 12.3. The Kier molecular flexibility index (Phi) is 5.08. The lowest BCUT2D eigenvalue weighted by atomic mass is 10.0. The lowest BCUT2D eigenvalue weighted by molar-refractivity contribution is -0.143. The van der Waals surface area contributed by atoms with E-state index in [0.717, 1.165) is 12.1 Å². The SMILES string of the molecule is CC(CN)C(=O)N1CCOC(c2cccc(C(F)(F)F)c2)C1. The van der Waals surface area contributed by atoms with E-state index in [2.05, 4.69) is 0 Å². The largest absolute Gasteiger partial charge is 0.416 e. The second-order valence-electron chi connectivity index (χ2n) is 5.40. The van der Waals surface area contributed by atoms with Crippen LogP contribution in [0.5, 0.6) is 0 Å². The molecule has 1 amide bonds. The number of rotatable bonds is 3. The molecule has 1 aliphatic heterocycles. The summed E-state index contributed by atoms with van der Waals surface area (Å²) in [7, 11) is 0. The van der Waals surface area contributed by atoms with E-state index in [1.807, 2.05) is 0 Å². The number of morpholine rings is 1. The maximum absolute atomic E-state index is 12.8. The number of alkyl halides is 3. The van der Waals surface area contributed by atoms with Crippen LogP contribution in [0.3, 0.4) is 0 Å². The van der Waals surface area contributed by atoms with Gasteiger partial charge in [0.2, 0.25) is 5.91 Å². The third-order valence-corrected chi connectivity index (χ3v) is 3.74.